The molecule has 0 atom stereocenters. The van der Waals surface area contributed by atoms with Crippen molar-refractivity contribution in [2.45, 2.75) is 12.8 Å². The highest BCUT2D eigenvalue weighted by Crippen LogP contribution is 2.23. The van der Waals surface area contributed by atoms with Gasteiger partial charge in [0.1, 0.15) is 0 Å². The van der Waals surface area contributed by atoms with E-state index in [-0.39, 0.29) is 11.5 Å². The Balaban J connectivity index is 2.05. The number of hydrogen-bond donors (Lipinski definition) is 1. The van der Waals surface area contributed by atoms with Gasteiger partial charge in [-0.3, -0.25) is 4.79 Å². The average molecular weight is 341 g/mol. The lowest BCUT2D eigenvalue weighted by Gasteiger charge is -2.23. The summed E-state index contributed by atoms with van der Waals surface area (Å²) in [5.74, 6) is -0.859. The minimum absolute atomic E-state index is 0.114. The fourth-order valence-corrected chi connectivity index (χ4v) is 2.81. The molecule has 108 valence electrons. The molecule has 5 nitrogen and oxygen atoms in total. The van der Waals surface area contributed by atoms with Crippen molar-refractivity contribution < 1.29 is 14.7 Å². The number of benzene rings is 1. The number of likely N-dealkylation sites (tertiary alicyclic amines) is 1. The summed E-state index contributed by atoms with van der Waals surface area (Å²) in [6.07, 6.45) is 2.16. The molecule has 0 spiro atoms. The highest BCUT2D eigenvalue weighted by Gasteiger charge is 2.19. The molecule has 0 aromatic heterocycles. The van der Waals surface area contributed by atoms with E-state index in [4.69, 9.17) is 5.11 Å². The maximum absolute atomic E-state index is 12.1. The molecular weight excluding hydrogens is 324 g/mol. The van der Waals surface area contributed by atoms with Crippen LogP contribution in [0.3, 0.4) is 0 Å². The zero-order chi connectivity index (χ0) is 14.7. The SMILES string of the molecule is CN(CC(=O)N1CCCC1)c1ccc(C(=O)O)c(Br)c1. The molecule has 0 saturated carbocycles. The van der Waals surface area contributed by atoms with E-state index in [1.54, 1.807) is 18.2 Å². The molecule has 6 heteroatoms. The average Bonchev–Trinajstić information content (AvgIpc) is 2.91. The smallest absolute Gasteiger partial charge is 0.336 e. The van der Waals surface area contributed by atoms with Gasteiger partial charge >= 0.3 is 5.97 Å². The Morgan fingerprint density at radius 2 is 2.00 bits per heavy atom. The number of carbonyl (C=O) groups excluding carboxylic acids is 1. The number of carboxylic acid groups (broad SMARTS) is 1. The molecule has 1 aliphatic rings. The molecule has 1 fully saturated rings. The van der Waals surface area contributed by atoms with Crippen LogP contribution in [-0.2, 0) is 4.79 Å². The third-order valence-electron chi connectivity index (χ3n) is 3.46. The second-order valence-corrected chi connectivity index (χ2v) is 5.77. The Morgan fingerprint density at radius 3 is 2.55 bits per heavy atom. The Kier molecular flexibility index (Phi) is 4.65. The summed E-state index contributed by atoms with van der Waals surface area (Å²) in [6.45, 7) is 1.99. The highest BCUT2D eigenvalue weighted by molar-refractivity contribution is 9.10. The van der Waals surface area contributed by atoms with Gasteiger partial charge < -0.3 is 14.9 Å². The topological polar surface area (TPSA) is 60.9 Å². The van der Waals surface area contributed by atoms with Gasteiger partial charge in [0.2, 0.25) is 5.91 Å². The lowest BCUT2D eigenvalue weighted by Crippen LogP contribution is -2.37. The highest BCUT2D eigenvalue weighted by atomic mass is 79.9. The first-order valence-corrected chi connectivity index (χ1v) is 7.30. The largest absolute Gasteiger partial charge is 0.478 e. The Hall–Kier alpha value is -1.56. The normalized spacial score (nSPS) is 14.4. The van der Waals surface area contributed by atoms with Crippen LogP contribution in [0.25, 0.3) is 0 Å². The maximum atomic E-state index is 12.1. The summed E-state index contributed by atoms with van der Waals surface area (Å²) < 4.78 is 0.517. The van der Waals surface area contributed by atoms with Gasteiger partial charge in [-0.25, -0.2) is 4.79 Å². The van der Waals surface area contributed by atoms with Crippen LogP contribution in [0.1, 0.15) is 23.2 Å². The fraction of sp³-hybridized carbons (Fsp3) is 0.429. The van der Waals surface area contributed by atoms with E-state index >= 15 is 0 Å². The number of aromatic carboxylic acids is 1. The predicted octanol–water partition coefficient (Wildman–Crippen LogP) is 2.21. The van der Waals surface area contributed by atoms with Crippen molar-refractivity contribution in [2.75, 3.05) is 31.6 Å². The number of rotatable bonds is 4. The first-order valence-electron chi connectivity index (χ1n) is 6.51. The van der Waals surface area contributed by atoms with Gasteiger partial charge in [-0.2, -0.15) is 0 Å². The van der Waals surface area contributed by atoms with Gasteiger partial charge in [-0.05, 0) is 47.0 Å². The van der Waals surface area contributed by atoms with E-state index < -0.39 is 5.97 Å². The van der Waals surface area contributed by atoms with Crippen LogP contribution in [0, 0.1) is 0 Å². The molecule has 20 heavy (non-hydrogen) atoms. The minimum atomic E-state index is -0.973. The number of likely N-dealkylation sites (N-methyl/N-ethyl adjacent to an activating group) is 1. The summed E-state index contributed by atoms with van der Waals surface area (Å²) in [7, 11) is 1.83. The standard InChI is InChI=1S/C14H17BrN2O3/c1-16(9-13(18)17-6-2-3-7-17)10-4-5-11(14(19)20)12(15)8-10/h4-5,8H,2-3,6-7,9H2,1H3,(H,19,20). The van der Waals surface area contributed by atoms with Crippen molar-refractivity contribution in [3.05, 3.63) is 28.2 Å². The zero-order valence-corrected chi connectivity index (χ0v) is 12.9. The van der Waals surface area contributed by atoms with Gasteiger partial charge in [0, 0.05) is 30.3 Å². The van der Waals surface area contributed by atoms with Crippen molar-refractivity contribution in [3.8, 4) is 0 Å². The zero-order valence-electron chi connectivity index (χ0n) is 11.3. The van der Waals surface area contributed by atoms with Crippen LogP contribution in [-0.4, -0.2) is 48.6 Å². The maximum Gasteiger partial charge on any atom is 0.336 e. The molecular formula is C14H17BrN2O3. The first-order chi connectivity index (χ1) is 9.49. The summed E-state index contributed by atoms with van der Waals surface area (Å²) >= 11 is 3.25. The number of halogens is 1. The molecule has 1 amide bonds. The van der Waals surface area contributed by atoms with E-state index in [0.717, 1.165) is 31.6 Å². The molecule has 0 radical (unpaired) electrons. The van der Waals surface area contributed by atoms with Crippen LogP contribution >= 0.6 is 15.9 Å². The lowest BCUT2D eigenvalue weighted by molar-refractivity contribution is -0.128. The van der Waals surface area contributed by atoms with Gasteiger partial charge in [0.25, 0.3) is 0 Å². The van der Waals surface area contributed by atoms with Crippen LogP contribution in [0.5, 0.6) is 0 Å². The van der Waals surface area contributed by atoms with E-state index in [1.807, 2.05) is 16.8 Å². The fourth-order valence-electron chi connectivity index (χ4n) is 2.28. The van der Waals surface area contributed by atoms with Crippen molar-refractivity contribution in [2.24, 2.45) is 0 Å². The van der Waals surface area contributed by atoms with Gasteiger partial charge in [-0.15, -0.1) is 0 Å². The van der Waals surface area contributed by atoms with Crippen LogP contribution < -0.4 is 4.90 Å². The number of carbonyl (C=O) groups is 2. The van der Waals surface area contributed by atoms with Crippen molar-refractivity contribution in [3.63, 3.8) is 0 Å². The molecule has 2 rings (SSSR count). The monoisotopic (exact) mass is 340 g/mol. The van der Waals surface area contributed by atoms with E-state index in [2.05, 4.69) is 15.9 Å². The van der Waals surface area contributed by atoms with Gasteiger partial charge in [0.15, 0.2) is 0 Å². The quantitative estimate of drug-likeness (QED) is 0.912. The molecule has 1 heterocycles. The van der Waals surface area contributed by atoms with Crippen LogP contribution in [0.4, 0.5) is 5.69 Å². The molecule has 1 aromatic rings. The van der Waals surface area contributed by atoms with E-state index in [0.29, 0.717) is 11.0 Å². The van der Waals surface area contributed by atoms with Crippen LogP contribution in [0.2, 0.25) is 0 Å². The second-order valence-electron chi connectivity index (χ2n) is 4.91. The Bertz CT molecular complexity index is 527. The molecule has 0 bridgehead atoms. The molecule has 0 aliphatic carbocycles. The summed E-state index contributed by atoms with van der Waals surface area (Å²) in [5.41, 5.74) is 1.03. The summed E-state index contributed by atoms with van der Waals surface area (Å²) in [5, 5.41) is 8.98. The summed E-state index contributed by atoms with van der Waals surface area (Å²) in [6, 6.07) is 4.98. The van der Waals surface area contributed by atoms with Crippen molar-refractivity contribution >= 4 is 33.5 Å². The van der Waals surface area contributed by atoms with Gasteiger partial charge in [0.05, 0.1) is 12.1 Å². The number of hydrogen-bond acceptors (Lipinski definition) is 3. The second kappa shape index (κ2) is 6.26. The van der Waals surface area contributed by atoms with Crippen LogP contribution in [0.15, 0.2) is 22.7 Å². The van der Waals surface area contributed by atoms with E-state index in [1.165, 1.54) is 0 Å². The number of amides is 1. The molecule has 0 unspecified atom stereocenters. The number of nitrogens with zero attached hydrogens (tertiary/aromatic N) is 2. The molecule has 1 aromatic carbocycles. The third kappa shape index (κ3) is 3.30. The predicted molar refractivity (Wildman–Crippen MR) is 80.2 cm³/mol. The van der Waals surface area contributed by atoms with Gasteiger partial charge in [-0.1, -0.05) is 0 Å². The Morgan fingerprint density at radius 1 is 1.35 bits per heavy atom. The Labute approximate surface area is 126 Å². The molecule has 1 N–H and O–H groups in total. The van der Waals surface area contributed by atoms with Crippen molar-refractivity contribution in [1.82, 2.24) is 4.90 Å². The minimum Gasteiger partial charge on any atom is -0.478 e. The number of anilines is 1. The molecule has 1 saturated heterocycles. The third-order valence-corrected chi connectivity index (χ3v) is 4.11. The van der Waals surface area contributed by atoms with E-state index in [9.17, 15) is 9.59 Å². The summed E-state index contributed by atoms with van der Waals surface area (Å²) in [4.78, 5) is 26.7. The van der Waals surface area contributed by atoms with Crippen molar-refractivity contribution in [1.29, 1.82) is 0 Å². The number of carboxylic acids is 1. The molecule has 1 aliphatic heterocycles. The first kappa shape index (κ1) is 14.8. The lowest BCUT2D eigenvalue weighted by atomic mass is 10.2.